The second-order valence-electron chi connectivity index (χ2n) is 3.82. The third-order valence-electron chi connectivity index (χ3n) is 3.00. The molecule has 2 unspecified atom stereocenters. The number of fused-ring (bicyclic) bond motifs is 1. The third-order valence-corrected chi connectivity index (χ3v) is 3.22. The second-order valence-corrected chi connectivity index (χ2v) is 4.09. The van der Waals surface area contributed by atoms with Gasteiger partial charge in [-0.1, -0.05) is 6.42 Å². The molecule has 0 spiro atoms. The smallest absolute Gasteiger partial charge is 0.321 e. The first-order valence-corrected chi connectivity index (χ1v) is 5.08. The number of carbonyl (C=O) groups excluding carboxylic acids is 1. The molecule has 2 fully saturated rings. The minimum absolute atomic E-state index is 0.00549. The van der Waals surface area contributed by atoms with E-state index in [0.717, 1.165) is 12.8 Å². The molecule has 2 aliphatic rings. The zero-order valence-corrected chi connectivity index (χ0v) is 7.77. The van der Waals surface area contributed by atoms with Gasteiger partial charge in [-0.25, -0.2) is 0 Å². The van der Waals surface area contributed by atoms with E-state index in [1.807, 2.05) is 0 Å². The van der Waals surface area contributed by atoms with Crippen molar-refractivity contribution in [2.75, 3.05) is 5.88 Å². The largest absolute Gasteiger partial charge is 0.458 e. The minimum atomic E-state index is -0.249. The maximum absolute atomic E-state index is 11.0. The van der Waals surface area contributed by atoms with Crippen LogP contribution in [-0.4, -0.2) is 17.5 Å². The molecule has 2 rings (SSSR count). The number of ether oxygens (including phenoxy) is 1. The molecule has 3 heteroatoms. The van der Waals surface area contributed by atoms with Crippen LogP contribution in [0.4, 0.5) is 0 Å². The van der Waals surface area contributed by atoms with Gasteiger partial charge in [0.15, 0.2) is 0 Å². The molecular weight excluding hydrogens is 176 g/mol. The summed E-state index contributed by atoms with van der Waals surface area (Å²) in [6, 6.07) is 0. The average Bonchev–Trinajstić information content (AvgIpc) is 2.78. The lowest BCUT2D eigenvalue weighted by molar-refractivity contribution is -0.150. The van der Waals surface area contributed by atoms with E-state index in [4.69, 9.17) is 16.3 Å². The number of hydrogen-bond donors (Lipinski definition) is 0. The fourth-order valence-corrected chi connectivity index (χ4v) is 2.33. The van der Waals surface area contributed by atoms with Gasteiger partial charge in [0.1, 0.15) is 11.5 Å². The van der Waals surface area contributed by atoms with E-state index >= 15 is 0 Å². The van der Waals surface area contributed by atoms with Crippen LogP contribution in [0.15, 0.2) is 0 Å². The molecule has 0 aromatic heterocycles. The predicted molar refractivity (Wildman–Crippen MR) is 46.1 cm³/mol. The van der Waals surface area contributed by atoms with Gasteiger partial charge in [-0.05, 0) is 25.7 Å². The van der Waals surface area contributed by atoms with Gasteiger partial charge in [0, 0.05) is 5.92 Å². The molecule has 0 N–H and O–H groups in total. The predicted octanol–water partition coefficient (Wildman–Crippen LogP) is 2.10. The van der Waals surface area contributed by atoms with E-state index in [2.05, 4.69) is 0 Å². The number of halogens is 1. The molecule has 2 atom stereocenters. The summed E-state index contributed by atoms with van der Waals surface area (Å²) in [5.41, 5.74) is -0.0653. The van der Waals surface area contributed by atoms with Crippen LogP contribution in [0.2, 0.25) is 0 Å². The van der Waals surface area contributed by atoms with Crippen molar-refractivity contribution >= 4 is 17.6 Å². The third kappa shape index (κ3) is 1.33. The Kier molecular flexibility index (Phi) is 2.03. The summed E-state index contributed by atoms with van der Waals surface area (Å²) in [7, 11) is 0. The number of carbonyl (C=O) groups is 1. The highest BCUT2D eigenvalue weighted by Gasteiger charge is 2.58. The van der Waals surface area contributed by atoms with Crippen LogP contribution < -0.4 is 0 Å². The SMILES string of the molecule is O=C(CCl)OC12CCCCC1C2. The number of alkyl halides is 1. The van der Waals surface area contributed by atoms with Crippen molar-refractivity contribution < 1.29 is 9.53 Å². The molecular formula is C9H13ClO2. The van der Waals surface area contributed by atoms with Gasteiger partial charge >= 0.3 is 5.97 Å². The monoisotopic (exact) mass is 188 g/mol. The number of esters is 1. The maximum atomic E-state index is 11.0. The lowest BCUT2D eigenvalue weighted by atomic mass is 9.98. The molecule has 2 aliphatic carbocycles. The fourth-order valence-electron chi connectivity index (χ4n) is 2.27. The Balaban J connectivity index is 1.91. The fraction of sp³-hybridized carbons (Fsp3) is 0.889. The molecule has 2 saturated carbocycles. The Labute approximate surface area is 77.2 Å². The molecule has 0 radical (unpaired) electrons. The molecule has 68 valence electrons. The molecule has 0 heterocycles. The molecule has 0 saturated heterocycles. The number of rotatable bonds is 2. The van der Waals surface area contributed by atoms with E-state index in [-0.39, 0.29) is 17.5 Å². The first kappa shape index (κ1) is 8.36. The van der Waals surface area contributed by atoms with Crippen LogP contribution in [0, 0.1) is 5.92 Å². The highest BCUT2D eigenvalue weighted by atomic mass is 35.5. The Morgan fingerprint density at radius 2 is 2.42 bits per heavy atom. The van der Waals surface area contributed by atoms with E-state index < -0.39 is 0 Å². The topological polar surface area (TPSA) is 26.3 Å². The van der Waals surface area contributed by atoms with E-state index in [1.165, 1.54) is 19.3 Å². The molecule has 0 bridgehead atoms. The van der Waals surface area contributed by atoms with Crippen molar-refractivity contribution in [2.45, 2.75) is 37.7 Å². The Morgan fingerprint density at radius 1 is 1.58 bits per heavy atom. The molecule has 0 aromatic carbocycles. The Bertz CT molecular complexity index is 205. The molecule has 0 aliphatic heterocycles. The lowest BCUT2D eigenvalue weighted by Gasteiger charge is -2.21. The zero-order chi connectivity index (χ0) is 8.60. The summed E-state index contributed by atoms with van der Waals surface area (Å²) >= 11 is 5.38. The summed E-state index contributed by atoms with van der Waals surface area (Å²) in [6.07, 6.45) is 5.86. The Morgan fingerprint density at radius 3 is 3.08 bits per heavy atom. The van der Waals surface area contributed by atoms with Gasteiger partial charge < -0.3 is 4.74 Å². The van der Waals surface area contributed by atoms with Crippen molar-refractivity contribution in [3.8, 4) is 0 Å². The van der Waals surface area contributed by atoms with Gasteiger partial charge in [-0.15, -0.1) is 11.6 Å². The van der Waals surface area contributed by atoms with Crippen molar-refractivity contribution in [1.82, 2.24) is 0 Å². The van der Waals surface area contributed by atoms with Crippen LogP contribution in [0.5, 0.6) is 0 Å². The lowest BCUT2D eigenvalue weighted by Crippen LogP contribution is -2.25. The minimum Gasteiger partial charge on any atom is -0.458 e. The molecule has 12 heavy (non-hydrogen) atoms. The summed E-state index contributed by atoms with van der Waals surface area (Å²) < 4.78 is 5.33. The first-order chi connectivity index (χ1) is 5.77. The molecule has 0 aromatic rings. The first-order valence-electron chi connectivity index (χ1n) is 4.55. The van der Waals surface area contributed by atoms with Crippen molar-refractivity contribution in [2.24, 2.45) is 5.92 Å². The normalized spacial score (nSPS) is 38.6. The number of hydrogen-bond acceptors (Lipinski definition) is 2. The zero-order valence-electron chi connectivity index (χ0n) is 7.01. The molecule has 0 amide bonds. The van der Waals surface area contributed by atoms with E-state index in [1.54, 1.807) is 0 Å². The van der Waals surface area contributed by atoms with Crippen molar-refractivity contribution in [3.05, 3.63) is 0 Å². The summed E-state index contributed by atoms with van der Waals surface area (Å²) in [4.78, 5) is 11.0. The summed E-state index contributed by atoms with van der Waals surface area (Å²) in [5, 5.41) is 0. The van der Waals surface area contributed by atoms with Crippen LogP contribution in [0.25, 0.3) is 0 Å². The Hall–Kier alpha value is -0.240. The van der Waals surface area contributed by atoms with Crippen molar-refractivity contribution in [3.63, 3.8) is 0 Å². The van der Waals surface area contributed by atoms with Crippen LogP contribution in [0.1, 0.15) is 32.1 Å². The average molecular weight is 189 g/mol. The van der Waals surface area contributed by atoms with Gasteiger partial charge in [0.2, 0.25) is 0 Å². The van der Waals surface area contributed by atoms with E-state index in [0.29, 0.717) is 5.92 Å². The quantitative estimate of drug-likeness (QED) is 0.490. The molecule has 2 nitrogen and oxygen atoms in total. The summed E-state index contributed by atoms with van der Waals surface area (Å²) in [6.45, 7) is 0. The van der Waals surface area contributed by atoms with Crippen molar-refractivity contribution in [1.29, 1.82) is 0 Å². The second kappa shape index (κ2) is 2.91. The van der Waals surface area contributed by atoms with Crippen LogP contribution in [0.3, 0.4) is 0 Å². The van der Waals surface area contributed by atoms with Crippen LogP contribution in [-0.2, 0) is 9.53 Å². The van der Waals surface area contributed by atoms with Crippen LogP contribution >= 0.6 is 11.6 Å². The van der Waals surface area contributed by atoms with E-state index in [9.17, 15) is 4.79 Å². The van der Waals surface area contributed by atoms with Gasteiger partial charge in [0.05, 0.1) is 0 Å². The highest BCUT2D eigenvalue weighted by molar-refractivity contribution is 6.26. The summed E-state index contributed by atoms with van der Waals surface area (Å²) in [5.74, 6) is 0.397. The highest BCUT2D eigenvalue weighted by Crippen LogP contribution is 2.56. The maximum Gasteiger partial charge on any atom is 0.321 e. The standard InChI is InChI=1S/C9H13ClO2/c10-6-8(11)12-9-4-2-1-3-7(9)5-9/h7H,1-6H2. The van der Waals surface area contributed by atoms with Gasteiger partial charge in [-0.3, -0.25) is 4.79 Å². The van der Waals surface area contributed by atoms with Gasteiger partial charge in [0.25, 0.3) is 0 Å². The van der Waals surface area contributed by atoms with Gasteiger partial charge in [-0.2, -0.15) is 0 Å².